The average molecular weight is 386 g/mol. The predicted molar refractivity (Wildman–Crippen MR) is 94.9 cm³/mol. The summed E-state index contributed by atoms with van der Waals surface area (Å²) in [5, 5.41) is 4.81. The van der Waals surface area contributed by atoms with Crippen molar-refractivity contribution in [2.45, 2.75) is 32.3 Å². The molecule has 1 aromatic carbocycles. The molecule has 1 atom stereocenters. The zero-order valence-corrected chi connectivity index (χ0v) is 15.4. The highest BCUT2D eigenvalue weighted by atomic mass is 32.1. The molecule has 0 aliphatic heterocycles. The van der Waals surface area contributed by atoms with Crippen LogP contribution in [0, 0.1) is 0 Å². The first-order valence-corrected chi connectivity index (χ1v) is 8.90. The summed E-state index contributed by atoms with van der Waals surface area (Å²) in [6.07, 6.45) is -4.32. The van der Waals surface area contributed by atoms with E-state index in [4.69, 9.17) is 0 Å². The second-order valence-corrected chi connectivity index (χ2v) is 6.86. The molecule has 0 spiro atoms. The highest BCUT2D eigenvalue weighted by Gasteiger charge is 2.27. The van der Waals surface area contributed by atoms with Gasteiger partial charge in [0.2, 0.25) is 0 Å². The first-order valence-electron chi connectivity index (χ1n) is 8.02. The number of amides is 2. The molecule has 2 aromatic rings. The minimum atomic E-state index is -4.32. The minimum Gasteiger partial charge on any atom is -0.367 e. The number of urea groups is 1. The van der Waals surface area contributed by atoms with Crippen LogP contribution in [-0.4, -0.2) is 30.8 Å². The van der Waals surface area contributed by atoms with Gasteiger partial charge in [0.1, 0.15) is 6.61 Å². The van der Waals surface area contributed by atoms with Crippen LogP contribution in [0.25, 0.3) is 0 Å². The molecule has 0 aliphatic carbocycles. The Morgan fingerprint density at radius 3 is 2.46 bits per heavy atom. The fraction of sp³-hybridized carbons (Fsp3) is 0.389. The highest BCUT2D eigenvalue weighted by Crippen LogP contribution is 2.23. The van der Waals surface area contributed by atoms with Gasteiger partial charge in [-0.25, -0.2) is 4.79 Å². The molecule has 2 rings (SSSR count). The molecule has 1 N–H and O–H groups in total. The zero-order chi connectivity index (χ0) is 19.2. The first kappa shape index (κ1) is 20.3. The summed E-state index contributed by atoms with van der Waals surface area (Å²) >= 11 is 1.60. The van der Waals surface area contributed by atoms with Gasteiger partial charge >= 0.3 is 12.2 Å². The van der Waals surface area contributed by atoms with Crippen LogP contribution in [0.4, 0.5) is 18.0 Å². The van der Waals surface area contributed by atoms with Crippen molar-refractivity contribution in [1.82, 2.24) is 10.2 Å². The quantitative estimate of drug-likeness (QED) is 0.747. The van der Waals surface area contributed by atoms with Gasteiger partial charge in [-0.2, -0.15) is 13.2 Å². The van der Waals surface area contributed by atoms with Gasteiger partial charge in [-0.1, -0.05) is 30.3 Å². The third-order valence-corrected chi connectivity index (χ3v) is 4.90. The van der Waals surface area contributed by atoms with E-state index in [-0.39, 0.29) is 18.7 Å². The lowest BCUT2D eigenvalue weighted by Crippen LogP contribution is -2.38. The Morgan fingerprint density at radius 1 is 1.23 bits per heavy atom. The van der Waals surface area contributed by atoms with E-state index in [9.17, 15) is 18.0 Å². The van der Waals surface area contributed by atoms with Crippen LogP contribution < -0.4 is 5.32 Å². The summed E-state index contributed by atoms with van der Waals surface area (Å²) in [4.78, 5) is 15.0. The van der Waals surface area contributed by atoms with E-state index < -0.39 is 12.8 Å². The van der Waals surface area contributed by atoms with Gasteiger partial charge in [0.25, 0.3) is 0 Å². The monoisotopic (exact) mass is 386 g/mol. The molecule has 2 amide bonds. The zero-order valence-electron chi connectivity index (χ0n) is 14.5. The molecule has 0 radical (unpaired) electrons. The standard InChI is InChI=1S/C18H21F3N2O2S/c1-13(16-4-3-9-26-16)23(2)17(24)22-10-14-5-7-15(8-6-14)11-25-12-18(19,20)21/h3-9,13H,10-12H2,1-2H3,(H,22,24). The number of thiophene rings is 1. The van der Waals surface area contributed by atoms with E-state index in [1.807, 2.05) is 24.4 Å². The smallest absolute Gasteiger partial charge is 0.367 e. The Kier molecular flexibility index (Phi) is 7.05. The van der Waals surface area contributed by atoms with Crippen molar-refractivity contribution in [2.75, 3.05) is 13.7 Å². The van der Waals surface area contributed by atoms with Crippen LogP contribution in [-0.2, 0) is 17.9 Å². The van der Waals surface area contributed by atoms with Crippen molar-refractivity contribution in [2.24, 2.45) is 0 Å². The summed E-state index contributed by atoms with van der Waals surface area (Å²) in [6.45, 7) is 0.929. The number of ether oxygens (including phenoxy) is 1. The van der Waals surface area contributed by atoms with Gasteiger partial charge in [-0.05, 0) is 29.5 Å². The molecule has 1 heterocycles. The minimum absolute atomic E-state index is 0.0249. The summed E-state index contributed by atoms with van der Waals surface area (Å²) in [5.74, 6) is 0. The lowest BCUT2D eigenvalue weighted by molar-refractivity contribution is -0.176. The van der Waals surface area contributed by atoms with E-state index in [1.54, 1.807) is 47.5 Å². The molecule has 1 unspecified atom stereocenters. The number of alkyl halides is 3. The van der Waals surface area contributed by atoms with Crippen molar-refractivity contribution >= 4 is 17.4 Å². The number of hydrogen-bond donors (Lipinski definition) is 1. The second kappa shape index (κ2) is 9.05. The van der Waals surface area contributed by atoms with Gasteiger partial charge < -0.3 is 15.0 Å². The lowest BCUT2D eigenvalue weighted by Gasteiger charge is -2.24. The van der Waals surface area contributed by atoms with Gasteiger partial charge in [0.05, 0.1) is 12.6 Å². The topological polar surface area (TPSA) is 41.6 Å². The fourth-order valence-corrected chi connectivity index (χ4v) is 3.06. The number of carbonyl (C=O) groups excluding carboxylic acids is 1. The largest absolute Gasteiger partial charge is 0.411 e. The number of rotatable bonds is 7. The van der Waals surface area contributed by atoms with Crippen LogP contribution in [0.1, 0.15) is 29.0 Å². The molecule has 26 heavy (non-hydrogen) atoms. The summed E-state index contributed by atoms with van der Waals surface area (Å²) < 4.78 is 40.7. The second-order valence-electron chi connectivity index (χ2n) is 5.89. The number of halogens is 3. The summed E-state index contributed by atoms with van der Waals surface area (Å²) in [7, 11) is 1.74. The van der Waals surface area contributed by atoms with E-state index in [2.05, 4.69) is 10.1 Å². The number of hydrogen-bond acceptors (Lipinski definition) is 3. The molecule has 0 bridgehead atoms. The molecule has 0 saturated heterocycles. The maximum atomic E-state index is 12.2. The van der Waals surface area contributed by atoms with Crippen LogP contribution in [0.3, 0.4) is 0 Å². The molecule has 1 aromatic heterocycles. The van der Waals surface area contributed by atoms with Crippen molar-refractivity contribution in [3.05, 3.63) is 57.8 Å². The van der Waals surface area contributed by atoms with Crippen LogP contribution >= 0.6 is 11.3 Å². The maximum absolute atomic E-state index is 12.2. The Labute approximate surface area is 154 Å². The van der Waals surface area contributed by atoms with Crippen molar-refractivity contribution < 1.29 is 22.7 Å². The van der Waals surface area contributed by atoms with Gasteiger partial charge in [-0.3, -0.25) is 0 Å². The molecular formula is C18H21F3N2O2S. The SMILES string of the molecule is CC(c1cccs1)N(C)C(=O)NCc1ccc(COCC(F)(F)F)cc1. The number of nitrogens with zero attached hydrogens (tertiary/aromatic N) is 1. The van der Waals surface area contributed by atoms with Gasteiger partial charge in [-0.15, -0.1) is 11.3 Å². The Morgan fingerprint density at radius 2 is 1.88 bits per heavy atom. The van der Waals surface area contributed by atoms with Crippen molar-refractivity contribution in [1.29, 1.82) is 0 Å². The first-order chi connectivity index (χ1) is 12.3. The third-order valence-electron chi connectivity index (χ3n) is 3.86. The highest BCUT2D eigenvalue weighted by molar-refractivity contribution is 7.10. The molecule has 0 fully saturated rings. The molecule has 0 aliphatic rings. The average Bonchev–Trinajstić information content (AvgIpc) is 3.13. The molecule has 0 saturated carbocycles. The maximum Gasteiger partial charge on any atom is 0.411 e. The normalized spacial score (nSPS) is 12.7. The number of carbonyl (C=O) groups is 1. The Hall–Kier alpha value is -2.06. The van der Waals surface area contributed by atoms with Crippen LogP contribution in [0.5, 0.6) is 0 Å². The van der Waals surface area contributed by atoms with E-state index in [0.717, 1.165) is 10.4 Å². The van der Waals surface area contributed by atoms with Crippen molar-refractivity contribution in [3.8, 4) is 0 Å². The third kappa shape index (κ3) is 6.34. The van der Waals surface area contributed by atoms with E-state index in [1.165, 1.54) is 0 Å². The fourth-order valence-electron chi connectivity index (χ4n) is 2.24. The molecule has 8 heteroatoms. The predicted octanol–water partition coefficient (Wildman–Crippen LogP) is 4.73. The molecular weight excluding hydrogens is 365 g/mol. The number of nitrogens with one attached hydrogen (secondary N) is 1. The Bertz CT molecular complexity index is 687. The molecule has 4 nitrogen and oxygen atoms in total. The van der Waals surface area contributed by atoms with Crippen LogP contribution in [0.2, 0.25) is 0 Å². The number of benzene rings is 1. The van der Waals surface area contributed by atoms with E-state index in [0.29, 0.717) is 12.1 Å². The van der Waals surface area contributed by atoms with Crippen molar-refractivity contribution in [3.63, 3.8) is 0 Å². The van der Waals surface area contributed by atoms with Gasteiger partial charge in [0.15, 0.2) is 0 Å². The summed E-state index contributed by atoms with van der Waals surface area (Å²) in [5.41, 5.74) is 1.50. The summed E-state index contributed by atoms with van der Waals surface area (Å²) in [6, 6.07) is 10.6. The molecule has 142 valence electrons. The van der Waals surface area contributed by atoms with Gasteiger partial charge in [0, 0.05) is 18.5 Å². The lowest BCUT2D eigenvalue weighted by atomic mass is 10.1. The van der Waals surface area contributed by atoms with Crippen LogP contribution in [0.15, 0.2) is 41.8 Å². The van der Waals surface area contributed by atoms with E-state index >= 15 is 0 Å². The Balaban J connectivity index is 1.79.